The Morgan fingerprint density at radius 3 is 2.53 bits per heavy atom. The lowest BCUT2D eigenvalue weighted by Gasteiger charge is -2.26. The topological polar surface area (TPSA) is 47.3 Å². The van der Waals surface area contributed by atoms with E-state index in [4.69, 9.17) is 5.26 Å². The van der Waals surface area contributed by atoms with Crippen LogP contribution in [0.2, 0.25) is 0 Å². The lowest BCUT2D eigenvalue weighted by atomic mass is 10.0. The highest BCUT2D eigenvalue weighted by molar-refractivity contribution is 5.37. The third kappa shape index (κ3) is 4.56. The van der Waals surface area contributed by atoms with E-state index in [2.05, 4.69) is 11.0 Å². The van der Waals surface area contributed by atoms with E-state index in [9.17, 15) is 5.11 Å². The Labute approximate surface area is 103 Å². The maximum atomic E-state index is 9.73. The number of nitriles is 1. The van der Waals surface area contributed by atoms with Crippen molar-refractivity contribution >= 4 is 0 Å². The van der Waals surface area contributed by atoms with E-state index in [-0.39, 0.29) is 0 Å². The van der Waals surface area contributed by atoms with Gasteiger partial charge in [0.1, 0.15) is 0 Å². The average Bonchev–Trinajstić information content (AvgIpc) is 2.18. The first kappa shape index (κ1) is 13.7. The summed E-state index contributed by atoms with van der Waals surface area (Å²) in [6, 6.07) is 7.84. The van der Waals surface area contributed by atoms with E-state index in [0.29, 0.717) is 12.1 Å². The standard InChI is InChI=1S/C14H20N2O/c1-11-7-12(8-15)5-6-13(11)9-16(4)10-14(2,3)17/h5-7,17H,9-10H2,1-4H3. The molecule has 0 saturated heterocycles. The largest absolute Gasteiger partial charge is 0.389 e. The van der Waals surface area contributed by atoms with Gasteiger partial charge >= 0.3 is 0 Å². The molecule has 0 unspecified atom stereocenters. The van der Waals surface area contributed by atoms with Crippen molar-refractivity contribution in [2.75, 3.05) is 13.6 Å². The highest BCUT2D eigenvalue weighted by Gasteiger charge is 2.16. The van der Waals surface area contributed by atoms with Crippen LogP contribution in [-0.2, 0) is 6.54 Å². The van der Waals surface area contributed by atoms with Crippen molar-refractivity contribution in [3.63, 3.8) is 0 Å². The molecule has 3 heteroatoms. The van der Waals surface area contributed by atoms with Gasteiger partial charge in [-0.2, -0.15) is 5.26 Å². The van der Waals surface area contributed by atoms with Crippen molar-refractivity contribution in [3.8, 4) is 6.07 Å². The highest BCUT2D eigenvalue weighted by Crippen LogP contribution is 2.14. The van der Waals surface area contributed by atoms with Crippen LogP contribution in [0.5, 0.6) is 0 Å². The Kier molecular flexibility index (Phi) is 4.28. The van der Waals surface area contributed by atoms with Gasteiger partial charge in [0.05, 0.1) is 17.2 Å². The van der Waals surface area contributed by atoms with Crippen molar-refractivity contribution in [3.05, 3.63) is 34.9 Å². The smallest absolute Gasteiger partial charge is 0.0991 e. The van der Waals surface area contributed by atoms with Gasteiger partial charge in [-0.3, -0.25) is 4.90 Å². The van der Waals surface area contributed by atoms with Crippen molar-refractivity contribution in [2.45, 2.75) is 32.9 Å². The van der Waals surface area contributed by atoms with Crippen molar-refractivity contribution in [1.82, 2.24) is 4.90 Å². The maximum absolute atomic E-state index is 9.73. The Bertz CT molecular complexity index is 427. The molecule has 1 aromatic carbocycles. The molecular weight excluding hydrogens is 212 g/mol. The summed E-state index contributed by atoms with van der Waals surface area (Å²) in [5.41, 5.74) is 2.31. The zero-order valence-corrected chi connectivity index (χ0v) is 11.0. The Morgan fingerprint density at radius 1 is 1.41 bits per heavy atom. The number of aliphatic hydroxyl groups is 1. The quantitative estimate of drug-likeness (QED) is 0.864. The van der Waals surface area contributed by atoms with Gasteiger partial charge in [0.25, 0.3) is 0 Å². The van der Waals surface area contributed by atoms with E-state index >= 15 is 0 Å². The maximum Gasteiger partial charge on any atom is 0.0991 e. The molecule has 1 aromatic rings. The van der Waals surface area contributed by atoms with Gasteiger partial charge in [-0.15, -0.1) is 0 Å². The summed E-state index contributed by atoms with van der Waals surface area (Å²) >= 11 is 0. The van der Waals surface area contributed by atoms with Gasteiger partial charge in [0.2, 0.25) is 0 Å². The molecule has 92 valence electrons. The van der Waals surface area contributed by atoms with Gasteiger partial charge in [0.15, 0.2) is 0 Å². The van der Waals surface area contributed by atoms with Crippen LogP contribution in [0.25, 0.3) is 0 Å². The summed E-state index contributed by atoms with van der Waals surface area (Å²) in [4.78, 5) is 2.08. The van der Waals surface area contributed by atoms with Crippen LogP contribution in [0.3, 0.4) is 0 Å². The second-order valence-electron chi connectivity index (χ2n) is 5.24. The minimum Gasteiger partial charge on any atom is -0.389 e. The van der Waals surface area contributed by atoms with Crippen molar-refractivity contribution in [1.29, 1.82) is 5.26 Å². The first-order valence-electron chi connectivity index (χ1n) is 5.72. The molecule has 1 N–H and O–H groups in total. The van der Waals surface area contributed by atoms with E-state index in [1.165, 1.54) is 5.56 Å². The summed E-state index contributed by atoms with van der Waals surface area (Å²) in [5.74, 6) is 0. The third-order valence-electron chi connectivity index (χ3n) is 2.57. The predicted molar refractivity (Wildman–Crippen MR) is 68.5 cm³/mol. The molecule has 0 aromatic heterocycles. The summed E-state index contributed by atoms with van der Waals surface area (Å²) < 4.78 is 0. The normalized spacial score (nSPS) is 11.6. The monoisotopic (exact) mass is 232 g/mol. The summed E-state index contributed by atoms with van der Waals surface area (Å²) in [6.45, 7) is 7.01. The summed E-state index contributed by atoms with van der Waals surface area (Å²) in [6.07, 6.45) is 0. The predicted octanol–water partition coefficient (Wildman–Crippen LogP) is 2.07. The van der Waals surface area contributed by atoms with E-state index in [1.807, 2.05) is 32.2 Å². The molecule has 0 aliphatic carbocycles. The minimum absolute atomic E-state index is 0.618. The number of hydrogen-bond donors (Lipinski definition) is 1. The molecule has 0 saturated carbocycles. The van der Waals surface area contributed by atoms with Gasteiger partial charge in [-0.05, 0) is 51.1 Å². The lowest BCUT2D eigenvalue weighted by molar-refractivity contribution is 0.0424. The Hall–Kier alpha value is -1.37. The van der Waals surface area contributed by atoms with Crippen LogP contribution in [-0.4, -0.2) is 29.2 Å². The van der Waals surface area contributed by atoms with E-state index in [0.717, 1.165) is 12.1 Å². The number of hydrogen-bond acceptors (Lipinski definition) is 3. The number of nitrogens with zero attached hydrogens (tertiary/aromatic N) is 2. The zero-order valence-electron chi connectivity index (χ0n) is 11.0. The Balaban J connectivity index is 2.73. The molecule has 17 heavy (non-hydrogen) atoms. The number of aryl methyl sites for hydroxylation is 1. The van der Waals surface area contributed by atoms with Gasteiger partial charge < -0.3 is 5.11 Å². The second-order valence-corrected chi connectivity index (χ2v) is 5.24. The first-order valence-corrected chi connectivity index (χ1v) is 5.72. The second kappa shape index (κ2) is 5.31. The number of benzene rings is 1. The molecule has 0 heterocycles. The molecular formula is C14H20N2O. The molecule has 1 rings (SSSR count). The molecule has 3 nitrogen and oxygen atoms in total. The molecule has 0 aliphatic rings. The van der Waals surface area contributed by atoms with E-state index in [1.54, 1.807) is 13.8 Å². The van der Waals surface area contributed by atoms with Gasteiger partial charge in [-0.1, -0.05) is 6.07 Å². The van der Waals surface area contributed by atoms with E-state index < -0.39 is 5.60 Å². The molecule has 0 spiro atoms. The highest BCUT2D eigenvalue weighted by atomic mass is 16.3. The Morgan fingerprint density at radius 2 is 2.06 bits per heavy atom. The van der Waals surface area contributed by atoms with Crippen LogP contribution < -0.4 is 0 Å². The molecule has 0 amide bonds. The van der Waals surface area contributed by atoms with Gasteiger partial charge in [0, 0.05) is 13.1 Å². The molecule has 0 fully saturated rings. The van der Waals surface area contributed by atoms with Crippen LogP contribution >= 0.6 is 0 Å². The van der Waals surface area contributed by atoms with Crippen LogP contribution in [0.1, 0.15) is 30.5 Å². The molecule has 0 atom stereocenters. The fraction of sp³-hybridized carbons (Fsp3) is 0.500. The fourth-order valence-electron chi connectivity index (χ4n) is 1.95. The minimum atomic E-state index is -0.685. The summed E-state index contributed by atoms with van der Waals surface area (Å²) in [7, 11) is 1.98. The zero-order chi connectivity index (χ0) is 13.1. The molecule has 0 bridgehead atoms. The van der Waals surface area contributed by atoms with Crippen molar-refractivity contribution in [2.24, 2.45) is 0 Å². The van der Waals surface area contributed by atoms with Crippen LogP contribution in [0, 0.1) is 18.3 Å². The SMILES string of the molecule is Cc1cc(C#N)ccc1CN(C)CC(C)(C)O. The summed E-state index contributed by atoms with van der Waals surface area (Å²) in [5, 5.41) is 18.5. The van der Waals surface area contributed by atoms with Crippen LogP contribution in [0.4, 0.5) is 0 Å². The van der Waals surface area contributed by atoms with Gasteiger partial charge in [-0.25, -0.2) is 0 Å². The number of likely N-dealkylation sites (N-methyl/N-ethyl adjacent to an activating group) is 1. The lowest BCUT2D eigenvalue weighted by Crippen LogP contribution is -2.35. The average molecular weight is 232 g/mol. The van der Waals surface area contributed by atoms with Crippen molar-refractivity contribution < 1.29 is 5.11 Å². The van der Waals surface area contributed by atoms with Crippen LogP contribution in [0.15, 0.2) is 18.2 Å². The third-order valence-corrected chi connectivity index (χ3v) is 2.57. The molecule has 0 radical (unpaired) electrons. The fourth-order valence-corrected chi connectivity index (χ4v) is 1.95. The number of rotatable bonds is 4. The first-order chi connectivity index (χ1) is 7.81. The molecule has 0 aliphatic heterocycles.